The smallest absolute Gasteiger partial charge is 0.325 e. The Morgan fingerprint density at radius 3 is 2.90 bits per heavy atom. The molecule has 0 bridgehead atoms. The summed E-state index contributed by atoms with van der Waals surface area (Å²) in [6, 6.07) is 7.36. The molecular weight excluding hydrogens is 254 g/mol. The Labute approximate surface area is 119 Å². The third-order valence-corrected chi connectivity index (χ3v) is 4.11. The van der Waals surface area contributed by atoms with E-state index in [1.54, 1.807) is 0 Å². The summed E-state index contributed by atoms with van der Waals surface area (Å²) in [5.74, 6) is -0.182. The molecule has 2 atom stereocenters. The van der Waals surface area contributed by atoms with Crippen LogP contribution >= 0.6 is 0 Å². The van der Waals surface area contributed by atoms with Gasteiger partial charge in [0.1, 0.15) is 6.04 Å². The van der Waals surface area contributed by atoms with Gasteiger partial charge in [0.15, 0.2) is 0 Å². The van der Waals surface area contributed by atoms with Crippen LogP contribution in [0.1, 0.15) is 48.8 Å². The van der Waals surface area contributed by atoms with Gasteiger partial charge in [0.25, 0.3) is 0 Å². The van der Waals surface area contributed by atoms with Crippen LogP contribution in [0, 0.1) is 0 Å². The van der Waals surface area contributed by atoms with Crippen LogP contribution in [0.15, 0.2) is 24.3 Å². The minimum absolute atomic E-state index is 0.156. The standard InChI is InChI=1S/C16H21NO3/c18-16(19)15(17-10-14-5-2-8-20-14)13-4-1-3-12(9-13)11-6-7-11/h1,3-4,9,11,14-15,17H,2,5-8,10H2,(H,18,19). The van der Waals surface area contributed by atoms with Crippen molar-refractivity contribution in [3.8, 4) is 0 Å². The summed E-state index contributed by atoms with van der Waals surface area (Å²) < 4.78 is 5.54. The van der Waals surface area contributed by atoms with Crippen molar-refractivity contribution < 1.29 is 14.6 Å². The van der Waals surface area contributed by atoms with Crippen molar-refractivity contribution in [1.29, 1.82) is 0 Å². The third kappa shape index (κ3) is 3.19. The number of carboxylic acids is 1. The Kier molecular flexibility index (Phi) is 4.03. The molecule has 1 saturated heterocycles. The molecule has 1 heterocycles. The van der Waals surface area contributed by atoms with Crippen LogP contribution in [0.5, 0.6) is 0 Å². The fourth-order valence-corrected chi connectivity index (χ4v) is 2.81. The minimum Gasteiger partial charge on any atom is -0.480 e. The lowest BCUT2D eigenvalue weighted by molar-refractivity contribution is -0.139. The molecule has 3 rings (SSSR count). The van der Waals surface area contributed by atoms with Crippen LogP contribution in [0.25, 0.3) is 0 Å². The van der Waals surface area contributed by atoms with Gasteiger partial charge in [0.2, 0.25) is 0 Å². The monoisotopic (exact) mass is 275 g/mol. The number of ether oxygens (including phenoxy) is 1. The van der Waals surface area contributed by atoms with E-state index in [0.717, 1.165) is 25.0 Å². The molecule has 2 aliphatic rings. The minimum atomic E-state index is -0.823. The van der Waals surface area contributed by atoms with Crippen molar-refractivity contribution in [2.75, 3.05) is 13.2 Å². The Balaban J connectivity index is 1.68. The second-order valence-corrected chi connectivity index (χ2v) is 5.76. The molecule has 0 spiro atoms. The predicted molar refractivity (Wildman–Crippen MR) is 75.8 cm³/mol. The zero-order chi connectivity index (χ0) is 13.9. The van der Waals surface area contributed by atoms with Crippen LogP contribution < -0.4 is 5.32 Å². The van der Waals surface area contributed by atoms with E-state index in [-0.39, 0.29) is 6.10 Å². The van der Waals surface area contributed by atoms with Gasteiger partial charge in [-0.2, -0.15) is 0 Å². The Morgan fingerprint density at radius 2 is 2.25 bits per heavy atom. The molecule has 2 N–H and O–H groups in total. The maximum absolute atomic E-state index is 11.5. The van der Waals surface area contributed by atoms with E-state index < -0.39 is 12.0 Å². The molecular formula is C16H21NO3. The summed E-state index contributed by atoms with van der Waals surface area (Å²) in [6.07, 6.45) is 4.70. The molecule has 1 aliphatic carbocycles. The van der Waals surface area contributed by atoms with E-state index in [0.29, 0.717) is 12.5 Å². The summed E-state index contributed by atoms with van der Waals surface area (Å²) in [5.41, 5.74) is 2.12. The number of aliphatic carboxylic acids is 1. The predicted octanol–water partition coefficient (Wildman–Crippen LogP) is 2.46. The van der Waals surface area contributed by atoms with E-state index in [4.69, 9.17) is 4.74 Å². The molecule has 4 heteroatoms. The molecule has 2 fully saturated rings. The number of carboxylic acid groups (broad SMARTS) is 1. The first-order chi connectivity index (χ1) is 9.74. The topological polar surface area (TPSA) is 58.6 Å². The molecule has 1 aliphatic heterocycles. The Morgan fingerprint density at radius 1 is 1.40 bits per heavy atom. The molecule has 0 amide bonds. The average Bonchev–Trinajstić information content (AvgIpc) is 3.17. The average molecular weight is 275 g/mol. The first-order valence-electron chi connectivity index (χ1n) is 7.41. The molecule has 20 heavy (non-hydrogen) atoms. The lowest BCUT2D eigenvalue weighted by Gasteiger charge is -2.18. The highest BCUT2D eigenvalue weighted by atomic mass is 16.5. The zero-order valence-corrected chi connectivity index (χ0v) is 11.5. The highest BCUT2D eigenvalue weighted by Crippen LogP contribution is 2.40. The van der Waals surface area contributed by atoms with Crippen molar-refractivity contribution >= 4 is 5.97 Å². The first kappa shape index (κ1) is 13.6. The number of hydrogen-bond donors (Lipinski definition) is 2. The number of benzene rings is 1. The molecule has 0 aromatic heterocycles. The second kappa shape index (κ2) is 5.94. The van der Waals surface area contributed by atoms with Crippen molar-refractivity contribution in [2.24, 2.45) is 0 Å². The highest BCUT2D eigenvalue weighted by molar-refractivity contribution is 5.75. The largest absolute Gasteiger partial charge is 0.480 e. The van der Waals surface area contributed by atoms with E-state index in [2.05, 4.69) is 11.4 Å². The van der Waals surface area contributed by atoms with E-state index >= 15 is 0 Å². The quantitative estimate of drug-likeness (QED) is 0.837. The van der Waals surface area contributed by atoms with Crippen molar-refractivity contribution in [1.82, 2.24) is 5.32 Å². The van der Waals surface area contributed by atoms with Crippen molar-refractivity contribution in [3.63, 3.8) is 0 Å². The third-order valence-electron chi connectivity index (χ3n) is 4.11. The maximum Gasteiger partial charge on any atom is 0.325 e. The van der Waals surface area contributed by atoms with Crippen LogP contribution in [0.2, 0.25) is 0 Å². The number of carbonyl (C=O) groups is 1. The number of hydrogen-bond acceptors (Lipinski definition) is 3. The SMILES string of the molecule is O=C(O)C(NCC1CCCO1)c1cccc(C2CC2)c1. The Hall–Kier alpha value is -1.39. The summed E-state index contributed by atoms with van der Waals surface area (Å²) in [6.45, 7) is 1.39. The van der Waals surface area contributed by atoms with Gasteiger partial charge in [-0.25, -0.2) is 0 Å². The molecule has 1 aromatic carbocycles. The molecule has 1 saturated carbocycles. The second-order valence-electron chi connectivity index (χ2n) is 5.76. The number of nitrogens with one attached hydrogen (secondary N) is 1. The lowest BCUT2D eigenvalue weighted by atomic mass is 10.0. The van der Waals surface area contributed by atoms with Crippen LogP contribution in [0.3, 0.4) is 0 Å². The van der Waals surface area contributed by atoms with Gasteiger partial charge in [-0.15, -0.1) is 0 Å². The highest BCUT2D eigenvalue weighted by Gasteiger charge is 2.26. The Bertz CT molecular complexity index is 478. The van der Waals surface area contributed by atoms with E-state index in [1.165, 1.54) is 18.4 Å². The summed E-state index contributed by atoms with van der Waals surface area (Å²) in [4.78, 5) is 11.5. The lowest BCUT2D eigenvalue weighted by Crippen LogP contribution is -2.34. The van der Waals surface area contributed by atoms with Gasteiger partial charge >= 0.3 is 5.97 Å². The van der Waals surface area contributed by atoms with Gasteiger partial charge < -0.3 is 9.84 Å². The molecule has 0 radical (unpaired) electrons. The molecule has 108 valence electrons. The van der Waals surface area contributed by atoms with E-state index in [9.17, 15) is 9.90 Å². The molecule has 1 aromatic rings. The van der Waals surface area contributed by atoms with Gasteiger partial charge in [0.05, 0.1) is 6.10 Å². The fourth-order valence-electron chi connectivity index (χ4n) is 2.81. The van der Waals surface area contributed by atoms with E-state index in [1.807, 2.05) is 18.2 Å². The zero-order valence-electron chi connectivity index (χ0n) is 11.5. The molecule has 2 unspecified atom stereocenters. The normalized spacial score (nSPS) is 23.7. The van der Waals surface area contributed by atoms with Gasteiger partial charge in [-0.05, 0) is 42.7 Å². The summed E-state index contributed by atoms with van der Waals surface area (Å²) in [5, 5.41) is 12.6. The first-order valence-corrected chi connectivity index (χ1v) is 7.41. The van der Waals surface area contributed by atoms with Crippen molar-refractivity contribution in [2.45, 2.75) is 43.7 Å². The molecule has 4 nitrogen and oxygen atoms in total. The summed E-state index contributed by atoms with van der Waals surface area (Å²) in [7, 11) is 0. The van der Waals surface area contributed by atoms with Gasteiger partial charge in [-0.3, -0.25) is 10.1 Å². The number of rotatable bonds is 6. The van der Waals surface area contributed by atoms with Gasteiger partial charge in [0, 0.05) is 13.2 Å². The van der Waals surface area contributed by atoms with Gasteiger partial charge in [-0.1, -0.05) is 24.3 Å². The van der Waals surface area contributed by atoms with Crippen LogP contribution in [-0.4, -0.2) is 30.3 Å². The summed E-state index contributed by atoms with van der Waals surface area (Å²) >= 11 is 0. The van der Waals surface area contributed by atoms with Crippen LogP contribution in [0.4, 0.5) is 0 Å². The van der Waals surface area contributed by atoms with Crippen LogP contribution in [-0.2, 0) is 9.53 Å². The maximum atomic E-state index is 11.5. The van der Waals surface area contributed by atoms with Crippen molar-refractivity contribution in [3.05, 3.63) is 35.4 Å². The fraction of sp³-hybridized carbons (Fsp3) is 0.562.